The number of benzene rings is 2. The van der Waals surface area contributed by atoms with E-state index in [2.05, 4.69) is 45.6 Å². The van der Waals surface area contributed by atoms with Gasteiger partial charge in [-0.15, -0.1) is 6.58 Å². The monoisotopic (exact) mass is 349 g/mol. The first-order valence-corrected chi connectivity index (χ1v) is 9.18. The van der Waals surface area contributed by atoms with Crippen LogP contribution < -0.4 is 5.46 Å². The molecule has 1 aliphatic rings. The third kappa shape index (κ3) is 3.60. The molecule has 0 radical (unpaired) electrons. The molecule has 2 atom stereocenters. The van der Waals surface area contributed by atoms with Crippen molar-refractivity contribution in [3.05, 3.63) is 78.1 Å². The van der Waals surface area contributed by atoms with Gasteiger partial charge < -0.3 is 4.90 Å². The lowest BCUT2D eigenvalue weighted by atomic mass is 9.70. The number of likely N-dealkylation sites (tertiary alicyclic amines) is 1. The zero-order valence-corrected chi connectivity index (χ0v) is 15.5. The molecule has 0 bridgehead atoms. The molecule has 1 aliphatic heterocycles. The van der Waals surface area contributed by atoms with Crippen molar-refractivity contribution in [1.29, 1.82) is 0 Å². The van der Waals surface area contributed by atoms with Crippen molar-refractivity contribution in [2.75, 3.05) is 6.54 Å². The second-order valence-electron chi connectivity index (χ2n) is 7.38. The van der Waals surface area contributed by atoms with Crippen LogP contribution in [0.25, 0.3) is 0 Å². The molecule has 26 heavy (non-hydrogen) atoms. The predicted molar refractivity (Wildman–Crippen MR) is 107 cm³/mol. The molecule has 0 aromatic heterocycles. The molecule has 0 N–H and O–H groups in total. The average Bonchev–Trinajstić information content (AvgIpc) is 2.63. The van der Waals surface area contributed by atoms with Crippen molar-refractivity contribution in [3.8, 4) is 0 Å². The van der Waals surface area contributed by atoms with Gasteiger partial charge >= 0.3 is 0 Å². The number of carbonyl (C=O) groups excluding carboxylic acids is 1. The fraction of sp³-hybridized carbons (Fsp3) is 0.318. The van der Waals surface area contributed by atoms with Crippen LogP contribution in [0.15, 0.2) is 61.2 Å². The van der Waals surface area contributed by atoms with Crippen LogP contribution in [0.3, 0.4) is 0 Å². The fourth-order valence-corrected chi connectivity index (χ4v) is 3.99. The number of rotatable bonds is 5. The summed E-state index contributed by atoms with van der Waals surface area (Å²) in [6.45, 7) is 6.66. The van der Waals surface area contributed by atoms with E-state index in [4.69, 9.17) is 0 Å². The van der Waals surface area contributed by atoms with Crippen molar-refractivity contribution in [1.82, 2.24) is 4.90 Å². The van der Waals surface area contributed by atoms with Crippen LogP contribution in [0, 0.1) is 5.82 Å². The van der Waals surface area contributed by atoms with E-state index < -0.39 is 0 Å². The normalized spacial score (nSPS) is 21.5. The summed E-state index contributed by atoms with van der Waals surface area (Å²) in [5.74, 6) is -0.102. The minimum absolute atomic E-state index is 0.0537. The van der Waals surface area contributed by atoms with Crippen LogP contribution in [0.4, 0.5) is 4.39 Å². The summed E-state index contributed by atoms with van der Waals surface area (Å²) < 4.78 is 13.3. The van der Waals surface area contributed by atoms with Gasteiger partial charge in [-0.25, -0.2) is 4.39 Å². The molecule has 3 rings (SSSR count). The highest BCUT2D eigenvalue weighted by molar-refractivity contribution is 6.32. The van der Waals surface area contributed by atoms with Crippen molar-refractivity contribution >= 4 is 19.2 Å². The van der Waals surface area contributed by atoms with E-state index in [0.29, 0.717) is 13.0 Å². The molecule has 2 nitrogen and oxygen atoms in total. The maximum absolute atomic E-state index is 13.3. The summed E-state index contributed by atoms with van der Waals surface area (Å²) in [4.78, 5) is 15.0. The summed E-state index contributed by atoms with van der Waals surface area (Å²) in [6.07, 6.45) is 3.88. The lowest BCUT2D eigenvalue weighted by Gasteiger charge is -2.43. The van der Waals surface area contributed by atoms with Crippen LogP contribution in [0.5, 0.6) is 0 Å². The van der Waals surface area contributed by atoms with Crippen LogP contribution in [0.1, 0.15) is 43.4 Å². The second kappa shape index (κ2) is 7.49. The van der Waals surface area contributed by atoms with Gasteiger partial charge in [-0.1, -0.05) is 47.9 Å². The van der Waals surface area contributed by atoms with Gasteiger partial charge in [-0.2, -0.15) is 0 Å². The third-order valence-corrected chi connectivity index (χ3v) is 5.66. The molecule has 0 unspecified atom stereocenters. The molecule has 1 fully saturated rings. The summed E-state index contributed by atoms with van der Waals surface area (Å²) in [5.41, 5.74) is 3.11. The Balaban J connectivity index is 1.83. The van der Waals surface area contributed by atoms with Crippen molar-refractivity contribution in [2.45, 2.75) is 37.6 Å². The zero-order valence-electron chi connectivity index (χ0n) is 15.5. The highest BCUT2D eigenvalue weighted by atomic mass is 19.1. The van der Waals surface area contributed by atoms with E-state index in [1.165, 1.54) is 17.6 Å². The number of hydrogen-bond acceptors (Lipinski definition) is 1. The van der Waals surface area contributed by atoms with Crippen LogP contribution >= 0.6 is 0 Å². The van der Waals surface area contributed by atoms with Crippen LogP contribution in [0.2, 0.25) is 0 Å². The first kappa shape index (κ1) is 18.4. The first-order valence-electron chi connectivity index (χ1n) is 9.18. The molecule has 0 aliphatic carbocycles. The molecule has 1 amide bonds. The predicted octanol–water partition coefficient (Wildman–Crippen LogP) is 3.28. The zero-order chi connectivity index (χ0) is 18.7. The third-order valence-electron chi connectivity index (χ3n) is 5.66. The SMILES string of the molecule is Bc1ccc([C@H](C)N2CC[C@](CC=C)(c3ccc(F)cc3)CC2=O)cc1. The van der Waals surface area contributed by atoms with E-state index in [0.717, 1.165) is 24.0 Å². The maximum atomic E-state index is 13.3. The fourth-order valence-electron chi connectivity index (χ4n) is 3.99. The standard InChI is InChI=1S/C22H25BFNO/c1-3-12-22(18-6-10-20(24)11-7-18)13-14-25(21(26)15-22)16(2)17-4-8-19(23)9-5-17/h3-11,16H,1,12-15,23H2,2H3/t16-,22-/m0/s1. The lowest BCUT2D eigenvalue weighted by molar-refractivity contribution is -0.138. The Kier molecular flexibility index (Phi) is 5.31. The smallest absolute Gasteiger partial charge is 0.223 e. The molecule has 1 heterocycles. The Hall–Kier alpha value is -2.36. The minimum Gasteiger partial charge on any atom is -0.336 e. The summed E-state index contributed by atoms with van der Waals surface area (Å²) in [6, 6.07) is 15.0. The Morgan fingerprint density at radius 2 is 1.88 bits per heavy atom. The van der Waals surface area contributed by atoms with E-state index in [1.54, 1.807) is 0 Å². The topological polar surface area (TPSA) is 20.3 Å². The molecule has 2 aromatic rings. The first-order chi connectivity index (χ1) is 12.4. The van der Waals surface area contributed by atoms with Crippen LogP contribution in [-0.4, -0.2) is 25.2 Å². The number of carbonyl (C=O) groups is 1. The highest BCUT2D eigenvalue weighted by Gasteiger charge is 2.40. The number of hydrogen-bond donors (Lipinski definition) is 0. The van der Waals surface area contributed by atoms with Gasteiger partial charge in [0.1, 0.15) is 13.7 Å². The second-order valence-corrected chi connectivity index (χ2v) is 7.38. The summed E-state index contributed by atoms with van der Waals surface area (Å²) in [5, 5.41) is 0. The highest BCUT2D eigenvalue weighted by Crippen LogP contribution is 2.41. The number of amides is 1. The lowest BCUT2D eigenvalue weighted by Crippen LogP contribution is -2.47. The van der Waals surface area contributed by atoms with E-state index in [-0.39, 0.29) is 23.2 Å². The van der Waals surface area contributed by atoms with Crippen molar-refractivity contribution < 1.29 is 9.18 Å². The van der Waals surface area contributed by atoms with Crippen LogP contribution in [-0.2, 0) is 10.2 Å². The maximum Gasteiger partial charge on any atom is 0.223 e. The number of nitrogens with zero attached hydrogens (tertiary/aromatic N) is 1. The average molecular weight is 349 g/mol. The van der Waals surface area contributed by atoms with Gasteiger partial charge in [0.2, 0.25) is 5.91 Å². The van der Waals surface area contributed by atoms with Gasteiger partial charge in [-0.05, 0) is 43.0 Å². The van der Waals surface area contributed by atoms with Gasteiger partial charge in [0.15, 0.2) is 0 Å². The number of allylic oxidation sites excluding steroid dienone is 1. The Morgan fingerprint density at radius 1 is 1.23 bits per heavy atom. The molecule has 4 heteroatoms. The molecule has 2 aromatic carbocycles. The summed E-state index contributed by atoms with van der Waals surface area (Å²) in [7, 11) is 2.06. The molecular formula is C22H25BFNO. The quantitative estimate of drug-likeness (QED) is 0.599. The molecule has 1 saturated heterocycles. The van der Waals surface area contributed by atoms with Crippen molar-refractivity contribution in [2.24, 2.45) is 0 Å². The van der Waals surface area contributed by atoms with Crippen molar-refractivity contribution in [3.63, 3.8) is 0 Å². The summed E-state index contributed by atoms with van der Waals surface area (Å²) >= 11 is 0. The minimum atomic E-state index is -0.282. The molecule has 0 spiro atoms. The van der Waals surface area contributed by atoms with Gasteiger partial charge in [0.05, 0.1) is 6.04 Å². The van der Waals surface area contributed by atoms with E-state index >= 15 is 0 Å². The Labute approximate surface area is 156 Å². The number of halogens is 1. The van der Waals surface area contributed by atoms with E-state index in [9.17, 15) is 9.18 Å². The van der Waals surface area contributed by atoms with Gasteiger partial charge in [-0.3, -0.25) is 4.79 Å². The largest absolute Gasteiger partial charge is 0.336 e. The Morgan fingerprint density at radius 3 is 2.46 bits per heavy atom. The van der Waals surface area contributed by atoms with E-state index in [1.807, 2.05) is 23.1 Å². The van der Waals surface area contributed by atoms with Gasteiger partial charge in [0.25, 0.3) is 0 Å². The molecular weight excluding hydrogens is 324 g/mol. The van der Waals surface area contributed by atoms with Gasteiger partial charge in [0, 0.05) is 18.4 Å². The molecule has 0 saturated carbocycles. The number of piperidine rings is 1. The Bertz CT molecular complexity index is 787. The molecule has 134 valence electrons.